The smallest absolute Gasteiger partial charge is 0.308 e. The third-order valence-electron chi connectivity index (χ3n) is 6.41. The summed E-state index contributed by atoms with van der Waals surface area (Å²) < 4.78 is 5.92. The molecule has 2 aliphatic carbocycles. The topological polar surface area (TPSA) is 107 Å². The van der Waals surface area contributed by atoms with Crippen LogP contribution >= 0.6 is 0 Å². The van der Waals surface area contributed by atoms with E-state index in [9.17, 15) is 24.9 Å². The van der Waals surface area contributed by atoms with Crippen LogP contribution in [0, 0.1) is 23.7 Å². The van der Waals surface area contributed by atoms with Gasteiger partial charge < -0.3 is 24.9 Å². The normalized spacial score (nSPS) is 29.3. The number of rotatable bonds is 10. The number of aliphatic carboxylic acids is 1. The van der Waals surface area contributed by atoms with Crippen LogP contribution in [0.5, 0.6) is 0 Å². The SMILES string of the molecule is CC[C@H](C)C(=O)O[C@H]1CCC=C2C=C[C@H](C)[C@H](CCC(O)CC(O)CC(=O)[O-])[C@H]21. The molecule has 0 spiro atoms. The van der Waals surface area contributed by atoms with Crippen LogP contribution in [0.4, 0.5) is 0 Å². The molecule has 2 aliphatic rings. The molecule has 2 unspecified atom stereocenters. The molecule has 0 radical (unpaired) electrons. The summed E-state index contributed by atoms with van der Waals surface area (Å²) in [6.45, 7) is 6.00. The number of allylic oxidation sites excluding steroid dienone is 3. The minimum Gasteiger partial charge on any atom is -0.550 e. The second-order valence-corrected chi connectivity index (χ2v) is 8.67. The first-order valence-electron chi connectivity index (χ1n) is 10.9. The van der Waals surface area contributed by atoms with E-state index >= 15 is 0 Å². The minimum absolute atomic E-state index is 0.0186. The zero-order valence-corrected chi connectivity index (χ0v) is 17.8. The molecule has 0 aliphatic heterocycles. The fraction of sp³-hybridized carbons (Fsp3) is 0.739. The monoisotopic (exact) mass is 407 g/mol. The Morgan fingerprint density at radius 3 is 2.69 bits per heavy atom. The predicted octanol–water partition coefficient (Wildman–Crippen LogP) is 2.13. The number of carbonyl (C=O) groups is 2. The lowest BCUT2D eigenvalue weighted by molar-refractivity contribution is -0.307. The van der Waals surface area contributed by atoms with Crippen molar-refractivity contribution in [1.82, 2.24) is 0 Å². The summed E-state index contributed by atoms with van der Waals surface area (Å²) in [7, 11) is 0. The van der Waals surface area contributed by atoms with E-state index < -0.39 is 24.6 Å². The lowest BCUT2D eigenvalue weighted by atomic mass is 9.66. The fourth-order valence-electron chi connectivity index (χ4n) is 4.48. The molecular weight excluding hydrogens is 372 g/mol. The average Bonchev–Trinajstić information content (AvgIpc) is 2.66. The first-order chi connectivity index (χ1) is 13.7. The molecule has 2 rings (SSSR count). The summed E-state index contributed by atoms with van der Waals surface area (Å²) >= 11 is 0. The molecule has 0 saturated carbocycles. The summed E-state index contributed by atoms with van der Waals surface area (Å²) in [5, 5.41) is 30.6. The van der Waals surface area contributed by atoms with Gasteiger partial charge in [-0.15, -0.1) is 0 Å². The van der Waals surface area contributed by atoms with Crippen LogP contribution in [-0.2, 0) is 14.3 Å². The van der Waals surface area contributed by atoms with Gasteiger partial charge in [0.05, 0.1) is 18.1 Å². The number of carboxylic acids is 1. The van der Waals surface area contributed by atoms with Gasteiger partial charge in [-0.3, -0.25) is 4.79 Å². The number of hydrogen-bond donors (Lipinski definition) is 2. The van der Waals surface area contributed by atoms with E-state index in [1.54, 1.807) is 0 Å². The van der Waals surface area contributed by atoms with Crippen LogP contribution in [0.1, 0.15) is 65.7 Å². The molecule has 0 aromatic carbocycles. The number of hydrogen-bond acceptors (Lipinski definition) is 6. The van der Waals surface area contributed by atoms with E-state index in [4.69, 9.17) is 4.74 Å². The highest BCUT2D eigenvalue weighted by molar-refractivity contribution is 5.72. The molecule has 0 saturated heterocycles. The predicted molar refractivity (Wildman–Crippen MR) is 107 cm³/mol. The standard InChI is InChI=1S/C23H36O6/c1-4-14(2)23(28)29-20-7-5-6-16-9-8-15(3)19(22(16)20)11-10-17(24)12-18(25)13-21(26)27/h6,8-9,14-15,17-20,22,24-25H,4-5,7,10-13H2,1-3H3,(H,26,27)/p-1/t14-,15-,17?,18?,19-,20-,22-/m0/s1. The van der Waals surface area contributed by atoms with Gasteiger partial charge in [-0.2, -0.15) is 0 Å². The maximum atomic E-state index is 12.4. The van der Waals surface area contributed by atoms with Crippen molar-refractivity contribution in [2.75, 3.05) is 0 Å². The molecule has 0 amide bonds. The van der Waals surface area contributed by atoms with E-state index in [2.05, 4.69) is 25.2 Å². The number of aliphatic hydroxyl groups is 2. The Hall–Kier alpha value is -1.66. The Morgan fingerprint density at radius 2 is 2.03 bits per heavy atom. The van der Waals surface area contributed by atoms with Crippen LogP contribution < -0.4 is 5.11 Å². The molecule has 0 heterocycles. The highest BCUT2D eigenvalue weighted by atomic mass is 16.5. The summed E-state index contributed by atoms with van der Waals surface area (Å²) in [4.78, 5) is 23.0. The van der Waals surface area contributed by atoms with Gasteiger partial charge in [0.25, 0.3) is 0 Å². The third-order valence-corrected chi connectivity index (χ3v) is 6.41. The van der Waals surface area contributed by atoms with Crippen LogP contribution in [0.3, 0.4) is 0 Å². The van der Waals surface area contributed by atoms with Gasteiger partial charge in [0, 0.05) is 18.3 Å². The summed E-state index contributed by atoms with van der Waals surface area (Å²) in [6, 6.07) is 0. The summed E-state index contributed by atoms with van der Waals surface area (Å²) in [5.74, 6) is -0.984. The summed E-state index contributed by atoms with van der Waals surface area (Å²) in [5.41, 5.74) is 1.20. The Labute approximate surface area is 173 Å². The number of carboxylic acid groups (broad SMARTS) is 1. The Morgan fingerprint density at radius 1 is 1.31 bits per heavy atom. The van der Waals surface area contributed by atoms with Crippen molar-refractivity contribution >= 4 is 11.9 Å². The quantitative estimate of drug-likeness (QED) is 0.537. The van der Waals surface area contributed by atoms with Crippen LogP contribution in [0.2, 0.25) is 0 Å². The van der Waals surface area contributed by atoms with Gasteiger partial charge >= 0.3 is 5.97 Å². The Bertz CT molecular complexity index is 625. The van der Waals surface area contributed by atoms with E-state index in [0.717, 1.165) is 19.3 Å². The van der Waals surface area contributed by atoms with E-state index in [1.165, 1.54) is 5.57 Å². The maximum absolute atomic E-state index is 12.4. The van der Waals surface area contributed by atoms with Gasteiger partial charge in [0.2, 0.25) is 0 Å². The van der Waals surface area contributed by atoms with Crippen molar-refractivity contribution < 1.29 is 29.6 Å². The summed E-state index contributed by atoms with van der Waals surface area (Å²) in [6.07, 6.45) is 7.64. The second-order valence-electron chi connectivity index (χ2n) is 8.67. The molecular formula is C23H35O6-. The van der Waals surface area contributed by atoms with Crippen molar-refractivity contribution in [3.8, 4) is 0 Å². The van der Waals surface area contributed by atoms with Crippen LogP contribution in [0.25, 0.3) is 0 Å². The fourth-order valence-corrected chi connectivity index (χ4v) is 4.48. The molecule has 0 bridgehead atoms. The van der Waals surface area contributed by atoms with Gasteiger partial charge in [0.1, 0.15) is 6.10 Å². The van der Waals surface area contributed by atoms with E-state index in [-0.39, 0.29) is 42.2 Å². The van der Waals surface area contributed by atoms with E-state index in [1.807, 2.05) is 13.8 Å². The average molecular weight is 408 g/mol. The van der Waals surface area contributed by atoms with Crippen molar-refractivity contribution in [2.24, 2.45) is 23.7 Å². The number of carbonyl (C=O) groups excluding carboxylic acids is 2. The first kappa shape index (κ1) is 23.6. The minimum atomic E-state index is -1.32. The molecule has 29 heavy (non-hydrogen) atoms. The van der Waals surface area contributed by atoms with Crippen molar-refractivity contribution in [2.45, 2.75) is 84.0 Å². The Kier molecular flexibility index (Phi) is 8.90. The largest absolute Gasteiger partial charge is 0.550 e. The Balaban J connectivity index is 2.03. The van der Waals surface area contributed by atoms with Gasteiger partial charge in [0.15, 0.2) is 0 Å². The highest BCUT2D eigenvalue weighted by Crippen LogP contribution is 2.44. The lowest BCUT2D eigenvalue weighted by Gasteiger charge is -2.42. The van der Waals surface area contributed by atoms with Crippen LogP contribution in [-0.4, -0.2) is 40.5 Å². The van der Waals surface area contributed by atoms with E-state index in [0.29, 0.717) is 12.8 Å². The van der Waals surface area contributed by atoms with Crippen molar-refractivity contribution in [1.29, 1.82) is 0 Å². The van der Waals surface area contributed by atoms with Crippen LogP contribution in [0.15, 0.2) is 23.8 Å². The molecule has 6 nitrogen and oxygen atoms in total. The number of esters is 1. The maximum Gasteiger partial charge on any atom is 0.308 e. The van der Waals surface area contributed by atoms with Gasteiger partial charge in [-0.05, 0) is 55.9 Å². The molecule has 164 valence electrons. The zero-order valence-electron chi connectivity index (χ0n) is 17.8. The molecule has 2 N–H and O–H groups in total. The number of fused-ring (bicyclic) bond motifs is 1. The molecule has 6 heteroatoms. The number of aliphatic hydroxyl groups excluding tert-OH is 2. The molecule has 0 aromatic rings. The molecule has 0 aromatic heterocycles. The zero-order chi connectivity index (χ0) is 21.6. The third kappa shape index (κ3) is 6.68. The molecule has 7 atom stereocenters. The van der Waals surface area contributed by atoms with Crippen molar-refractivity contribution in [3.63, 3.8) is 0 Å². The first-order valence-corrected chi connectivity index (χ1v) is 10.9. The van der Waals surface area contributed by atoms with Gasteiger partial charge in [-0.1, -0.05) is 39.0 Å². The van der Waals surface area contributed by atoms with Gasteiger partial charge in [-0.25, -0.2) is 0 Å². The second kappa shape index (κ2) is 10.9. The van der Waals surface area contributed by atoms with Crippen molar-refractivity contribution in [3.05, 3.63) is 23.8 Å². The highest BCUT2D eigenvalue weighted by Gasteiger charge is 2.40. The number of ether oxygens (including phenoxy) is 1. The molecule has 0 fully saturated rings. The lowest BCUT2D eigenvalue weighted by Crippen LogP contribution is -2.40.